The molecule has 3 rings (SSSR count). The van der Waals surface area contributed by atoms with Gasteiger partial charge in [0.2, 0.25) is 15.9 Å². The van der Waals surface area contributed by atoms with E-state index in [1.54, 1.807) is 42.5 Å². The summed E-state index contributed by atoms with van der Waals surface area (Å²) < 4.78 is 54.2. The van der Waals surface area contributed by atoms with Crippen molar-refractivity contribution in [2.45, 2.75) is 24.7 Å². The molecule has 0 atom stereocenters. The van der Waals surface area contributed by atoms with E-state index in [9.17, 15) is 21.6 Å². The Morgan fingerprint density at radius 2 is 1.54 bits per heavy atom. The molecule has 0 spiro atoms. The fourth-order valence-corrected chi connectivity index (χ4v) is 5.61. The molecule has 1 amide bonds. The Hall–Kier alpha value is -2.89. The summed E-state index contributed by atoms with van der Waals surface area (Å²) in [5.74, 6) is -0.300. The van der Waals surface area contributed by atoms with Crippen molar-refractivity contribution in [1.29, 1.82) is 0 Å². The maximum atomic E-state index is 12.6. The number of anilines is 3. The quantitative estimate of drug-likeness (QED) is 0.360. The van der Waals surface area contributed by atoms with Crippen LogP contribution in [0.4, 0.5) is 17.1 Å². The lowest BCUT2D eigenvalue weighted by Gasteiger charge is -2.22. The molecule has 0 aliphatic heterocycles. The van der Waals surface area contributed by atoms with Crippen LogP contribution in [0.25, 0.3) is 0 Å². The SMILES string of the molecule is Cc1cccc(N(CCCC(=O)Nc2ccc(S(=O)(=O)Nc3ccc(Br)cc3)cc2)S(C)(=O)=O)c1. The van der Waals surface area contributed by atoms with Crippen LogP contribution in [-0.4, -0.2) is 35.5 Å². The fraction of sp³-hybridized carbons (Fsp3) is 0.208. The van der Waals surface area contributed by atoms with Gasteiger partial charge in [0.25, 0.3) is 10.0 Å². The maximum absolute atomic E-state index is 12.6. The van der Waals surface area contributed by atoms with Crippen LogP contribution in [0, 0.1) is 6.92 Å². The Balaban J connectivity index is 1.56. The summed E-state index contributed by atoms with van der Waals surface area (Å²) in [7, 11) is -7.28. The molecule has 0 heterocycles. The Morgan fingerprint density at radius 3 is 2.14 bits per heavy atom. The molecule has 11 heteroatoms. The molecular weight excluding hydrogens is 554 g/mol. The number of nitrogens with zero attached hydrogens (tertiary/aromatic N) is 1. The van der Waals surface area contributed by atoms with Gasteiger partial charge in [0, 0.05) is 28.8 Å². The van der Waals surface area contributed by atoms with Gasteiger partial charge in [-0.3, -0.25) is 13.8 Å². The number of carbonyl (C=O) groups excluding carboxylic acids is 1. The normalized spacial score (nSPS) is 11.6. The van der Waals surface area contributed by atoms with Crippen LogP contribution in [-0.2, 0) is 24.8 Å². The Labute approximate surface area is 214 Å². The second kappa shape index (κ2) is 11.2. The Bertz CT molecular complexity index is 1390. The molecule has 0 bridgehead atoms. The van der Waals surface area contributed by atoms with Gasteiger partial charge in [-0.25, -0.2) is 16.8 Å². The highest BCUT2D eigenvalue weighted by atomic mass is 79.9. The first-order valence-corrected chi connectivity index (χ1v) is 14.8. The van der Waals surface area contributed by atoms with Crippen LogP contribution in [0.1, 0.15) is 18.4 Å². The van der Waals surface area contributed by atoms with Crippen molar-refractivity contribution >= 4 is 58.9 Å². The Kier molecular flexibility index (Phi) is 8.57. The lowest BCUT2D eigenvalue weighted by Crippen LogP contribution is -2.31. The molecular formula is C24H26BrN3O5S2. The minimum absolute atomic E-state index is 0.0559. The van der Waals surface area contributed by atoms with E-state index >= 15 is 0 Å². The fourth-order valence-electron chi connectivity index (χ4n) is 3.33. The molecule has 2 N–H and O–H groups in total. The molecule has 0 saturated carbocycles. The number of rotatable bonds is 10. The topological polar surface area (TPSA) is 113 Å². The van der Waals surface area contributed by atoms with E-state index in [-0.39, 0.29) is 23.8 Å². The first-order chi connectivity index (χ1) is 16.4. The lowest BCUT2D eigenvalue weighted by molar-refractivity contribution is -0.116. The summed E-state index contributed by atoms with van der Waals surface area (Å²) in [5, 5.41) is 2.71. The first kappa shape index (κ1) is 26.7. The third-order valence-electron chi connectivity index (χ3n) is 5.00. The molecule has 0 radical (unpaired) electrons. The molecule has 8 nitrogen and oxygen atoms in total. The van der Waals surface area contributed by atoms with Crippen LogP contribution >= 0.6 is 15.9 Å². The monoisotopic (exact) mass is 579 g/mol. The number of amides is 1. The molecule has 3 aromatic rings. The number of halogens is 1. The predicted octanol–water partition coefficient (Wildman–Crippen LogP) is 4.74. The highest BCUT2D eigenvalue weighted by Crippen LogP contribution is 2.21. The van der Waals surface area contributed by atoms with E-state index in [1.165, 1.54) is 28.6 Å². The smallest absolute Gasteiger partial charge is 0.261 e. The third-order valence-corrected chi connectivity index (χ3v) is 8.12. The summed E-state index contributed by atoms with van der Waals surface area (Å²) in [6.07, 6.45) is 1.55. The summed E-state index contributed by atoms with van der Waals surface area (Å²) in [6.45, 7) is 2.04. The van der Waals surface area contributed by atoms with Crippen molar-refractivity contribution in [3.8, 4) is 0 Å². The van der Waals surface area contributed by atoms with Crippen molar-refractivity contribution in [3.05, 3.63) is 82.8 Å². The van der Waals surface area contributed by atoms with Crippen molar-refractivity contribution in [2.24, 2.45) is 0 Å². The molecule has 0 aromatic heterocycles. The van der Waals surface area contributed by atoms with Crippen LogP contribution in [0.3, 0.4) is 0 Å². The van der Waals surface area contributed by atoms with Crippen LogP contribution in [0.15, 0.2) is 82.2 Å². The van der Waals surface area contributed by atoms with Gasteiger partial charge in [-0.1, -0.05) is 28.1 Å². The largest absolute Gasteiger partial charge is 0.326 e. The zero-order valence-electron chi connectivity index (χ0n) is 19.2. The zero-order valence-corrected chi connectivity index (χ0v) is 22.5. The number of sulfonamides is 2. The average molecular weight is 581 g/mol. The maximum Gasteiger partial charge on any atom is 0.261 e. The summed E-state index contributed by atoms with van der Waals surface area (Å²) >= 11 is 3.30. The van der Waals surface area contributed by atoms with Crippen molar-refractivity contribution in [3.63, 3.8) is 0 Å². The van der Waals surface area contributed by atoms with Gasteiger partial charge in [0.15, 0.2) is 0 Å². The van der Waals surface area contributed by atoms with Gasteiger partial charge in [0.05, 0.1) is 16.8 Å². The third kappa shape index (κ3) is 7.81. The van der Waals surface area contributed by atoms with Gasteiger partial charge >= 0.3 is 0 Å². The standard InChI is InChI=1S/C24H26BrN3O5S2/c1-18-5-3-6-22(17-18)28(34(2,30)31)16-4-7-24(29)26-20-12-14-23(15-13-20)35(32,33)27-21-10-8-19(25)9-11-21/h3,5-6,8-15,17,27H,4,7,16H2,1-2H3,(H,26,29). The van der Waals surface area contributed by atoms with E-state index in [2.05, 4.69) is 26.0 Å². The van der Waals surface area contributed by atoms with Gasteiger partial charge in [-0.2, -0.15) is 0 Å². The van der Waals surface area contributed by atoms with Gasteiger partial charge in [-0.15, -0.1) is 0 Å². The van der Waals surface area contributed by atoms with Crippen LogP contribution < -0.4 is 14.3 Å². The van der Waals surface area contributed by atoms with E-state index < -0.39 is 20.0 Å². The minimum Gasteiger partial charge on any atom is -0.326 e. The number of nitrogens with one attached hydrogen (secondary N) is 2. The molecule has 186 valence electrons. The highest BCUT2D eigenvalue weighted by Gasteiger charge is 2.18. The lowest BCUT2D eigenvalue weighted by atomic mass is 10.2. The van der Waals surface area contributed by atoms with Gasteiger partial charge < -0.3 is 5.32 Å². The molecule has 0 aliphatic carbocycles. The number of carbonyl (C=O) groups is 1. The molecule has 0 saturated heterocycles. The van der Waals surface area contributed by atoms with E-state index in [1.807, 2.05) is 13.0 Å². The van der Waals surface area contributed by atoms with Crippen LogP contribution in [0.5, 0.6) is 0 Å². The molecule has 3 aromatic carbocycles. The second-order valence-corrected chi connectivity index (χ2v) is 12.5. The molecule has 0 aliphatic rings. The zero-order chi connectivity index (χ0) is 25.6. The number of benzene rings is 3. The summed E-state index contributed by atoms with van der Waals surface area (Å²) in [6, 6.07) is 19.7. The first-order valence-electron chi connectivity index (χ1n) is 10.7. The highest BCUT2D eigenvalue weighted by molar-refractivity contribution is 9.10. The summed E-state index contributed by atoms with van der Waals surface area (Å²) in [4.78, 5) is 12.4. The summed E-state index contributed by atoms with van der Waals surface area (Å²) in [5.41, 5.74) is 2.36. The second-order valence-electron chi connectivity index (χ2n) is 7.96. The van der Waals surface area contributed by atoms with E-state index in [0.717, 1.165) is 16.3 Å². The van der Waals surface area contributed by atoms with E-state index in [0.29, 0.717) is 23.5 Å². The molecule has 35 heavy (non-hydrogen) atoms. The van der Waals surface area contributed by atoms with Crippen LogP contribution in [0.2, 0.25) is 0 Å². The van der Waals surface area contributed by atoms with Crippen molar-refractivity contribution in [1.82, 2.24) is 0 Å². The minimum atomic E-state index is -3.78. The van der Waals surface area contributed by atoms with Gasteiger partial charge in [-0.05, 0) is 79.6 Å². The Morgan fingerprint density at radius 1 is 0.914 bits per heavy atom. The van der Waals surface area contributed by atoms with E-state index in [4.69, 9.17) is 0 Å². The van der Waals surface area contributed by atoms with Crippen molar-refractivity contribution < 1.29 is 21.6 Å². The molecule has 0 unspecified atom stereocenters. The van der Waals surface area contributed by atoms with Gasteiger partial charge in [0.1, 0.15) is 0 Å². The van der Waals surface area contributed by atoms with Crippen molar-refractivity contribution in [2.75, 3.05) is 27.1 Å². The molecule has 0 fully saturated rings. The number of hydrogen-bond donors (Lipinski definition) is 2. The number of hydrogen-bond acceptors (Lipinski definition) is 5. The predicted molar refractivity (Wildman–Crippen MR) is 143 cm³/mol. The number of aryl methyl sites for hydroxylation is 1. The average Bonchev–Trinajstić information content (AvgIpc) is 2.77.